The highest BCUT2D eigenvalue weighted by Gasteiger charge is 2.26. The van der Waals surface area contributed by atoms with Crippen molar-refractivity contribution in [2.45, 2.75) is 39.0 Å². The van der Waals surface area contributed by atoms with Crippen LogP contribution in [0.2, 0.25) is 0 Å². The molecule has 2 atom stereocenters. The number of hydrogen-bond acceptors (Lipinski definition) is 2. The topological polar surface area (TPSA) is 46.3 Å². The smallest absolute Gasteiger partial charge is 0.223 e. The van der Waals surface area contributed by atoms with Crippen LogP contribution in [0.4, 0.5) is 0 Å². The van der Waals surface area contributed by atoms with Gasteiger partial charge in [0, 0.05) is 19.5 Å². The number of amides is 1. The number of carbonyl (C=O) groups excluding carboxylic acids is 1. The van der Waals surface area contributed by atoms with E-state index in [2.05, 4.69) is 38.1 Å². The Bertz CT molecular complexity index is 447. The molecule has 2 N–H and O–H groups in total. The Labute approximate surface area is 134 Å². The Morgan fingerprint density at radius 2 is 2.05 bits per heavy atom. The summed E-state index contributed by atoms with van der Waals surface area (Å²) in [7, 11) is 0. The summed E-state index contributed by atoms with van der Waals surface area (Å²) in [5.41, 5.74) is 8.23. The van der Waals surface area contributed by atoms with Crippen molar-refractivity contribution in [3.63, 3.8) is 0 Å². The van der Waals surface area contributed by atoms with E-state index in [9.17, 15) is 4.79 Å². The highest BCUT2D eigenvalue weighted by atomic mass is 35.5. The van der Waals surface area contributed by atoms with Gasteiger partial charge in [-0.15, -0.1) is 12.4 Å². The third kappa shape index (κ3) is 4.72. The number of hydrogen-bond donors (Lipinski definition) is 1. The largest absolute Gasteiger partial charge is 0.342 e. The summed E-state index contributed by atoms with van der Waals surface area (Å²) in [6, 6.07) is 8.57. The zero-order valence-electron chi connectivity index (χ0n) is 13.0. The van der Waals surface area contributed by atoms with Crippen LogP contribution < -0.4 is 5.73 Å². The van der Waals surface area contributed by atoms with E-state index in [4.69, 9.17) is 5.73 Å². The van der Waals surface area contributed by atoms with Gasteiger partial charge in [0.1, 0.15) is 0 Å². The van der Waals surface area contributed by atoms with Gasteiger partial charge in [-0.3, -0.25) is 4.79 Å². The monoisotopic (exact) mass is 310 g/mol. The molecule has 2 unspecified atom stereocenters. The van der Waals surface area contributed by atoms with Crippen LogP contribution in [0.15, 0.2) is 24.3 Å². The Hall–Kier alpha value is -1.06. The Balaban J connectivity index is 0.00000220. The van der Waals surface area contributed by atoms with E-state index in [-0.39, 0.29) is 18.3 Å². The SMILES string of the molecule is CCC(CC(=O)N1CCC(CN)C1)c1ccc(C)cc1.Cl. The van der Waals surface area contributed by atoms with Crippen molar-refractivity contribution in [2.24, 2.45) is 11.7 Å². The molecule has 2 rings (SSSR count). The third-order valence-corrected chi connectivity index (χ3v) is 4.43. The van der Waals surface area contributed by atoms with Gasteiger partial charge < -0.3 is 10.6 Å². The second-order valence-electron chi connectivity index (χ2n) is 5.95. The molecule has 1 fully saturated rings. The fourth-order valence-electron chi connectivity index (χ4n) is 2.93. The minimum atomic E-state index is 0. The van der Waals surface area contributed by atoms with Crippen LogP contribution in [0, 0.1) is 12.8 Å². The van der Waals surface area contributed by atoms with E-state index >= 15 is 0 Å². The van der Waals surface area contributed by atoms with E-state index < -0.39 is 0 Å². The molecule has 1 heterocycles. The molecule has 1 aromatic rings. The van der Waals surface area contributed by atoms with E-state index in [1.54, 1.807) is 0 Å². The summed E-state index contributed by atoms with van der Waals surface area (Å²) in [5.74, 6) is 1.12. The van der Waals surface area contributed by atoms with Gasteiger partial charge in [0.2, 0.25) is 5.91 Å². The summed E-state index contributed by atoms with van der Waals surface area (Å²) in [4.78, 5) is 14.4. The van der Waals surface area contributed by atoms with Crippen molar-refractivity contribution in [3.05, 3.63) is 35.4 Å². The van der Waals surface area contributed by atoms with Gasteiger partial charge in [0.25, 0.3) is 0 Å². The second-order valence-corrected chi connectivity index (χ2v) is 5.95. The van der Waals surface area contributed by atoms with Crippen molar-refractivity contribution in [1.82, 2.24) is 4.90 Å². The van der Waals surface area contributed by atoms with Crippen LogP contribution in [0.25, 0.3) is 0 Å². The first-order valence-corrected chi connectivity index (χ1v) is 7.68. The zero-order valence-corrected chi connectivity index (χ0v) is 13.9. The number of rotatable bonds is 5. The van der Waals surface area contributed by atoms with Gasteiger partial charge in [0.05, 0.1) is 0 Å². The maximum absolute atomic E-state index is 12.4. The average Bonchev–Trinajstić information content (AvgIpc) is 2.94. The summed E-state index contributed by atoms with van der Waals surface area (Å²) in [5, 5.41) is 0. The summed E-state index contributed by atoms with van der Waals surface area (Å²) in [6.45, 7) is 6.67. The van der Waals surface area contributed by atoms with Gasteiger partial charge in [0.15, 0.2) is 0 Å². The number of benzene rings is 1. The first kappa shape index (κ1) is 18.0. The Morgan fingerprint density at radius 3 is 2.57 bits per heavy atom. The van der Waals surface area contributed by atoms with Crippen molar-refractivity contribution in [2.75, 3.05) is 19.6 Å². The molecule has 1 amide bonds. The van der Waals surface area contributed by atoms with E-state index in [1.807, 2.05) is 4.90 Å². The molecule has 1 aromatic carbocycles. The van der Waals surface area contributed by atoms with Crippen molar-refractivity contribution in [3.8, 4) is 0 Å². The molecule has 0 bridgehead atoms. The Morgan fingerprint density at radius 1 is 1.38 bits per heavy atom. The third-order valence-electron chi connectivity index (χ3n) is 4.43. The number of likely N-dealkylation sites (tertiary alicyclic amines) is 1. The molecule has 0 aliphatic carbocycles. The lowest BCUT2D eigenvalue weighted by molar-refractivity contribution is -0.130. The summed E-state index contributed by atoms with van der Waals surface area (Å²) >= 11 is 0. The van der Waals surface area contributed by atoms with Crippen molar-refractivity contribution in [1.29, 1.82) is 0 Å². The Kier molecular flexibility index (Phi) is 7.20. The van der Waals surface area contributed by atoms with Gasteiger partial charge in [-0.1, -0.05) is 36.8 Å². The predicted octanol–water partition coefficient (Wildman–Crippen LogP) is 3.11. The maximum Gasteiger partial charge on any atom is 0.223 e. The summed E-state index contributed by atoms with van der Waals surface area (Å²) < 4.78 is 0. The lowest BCUT2D eigenvalue weighted by atomic mass is 9.92. The molecule has 118 valence electrons. The molecule has 0 aromatic heterocycles. The molecular weight excluding hydrogens is 284 g/mol. The first-order chi connectivity index (χ1) is 9.63. The molecule has 0 radical (unpaired) electrons. The number of aryl methyl sites for hydroxylation is 1. The van der Waals surface area contributed by atoms with Gasteiger partial charge in [-0.2, -0.15) is 0 Å². The van der Waals surface area contributed by atoms with Crippen LogP contribution in [0.3, 0.4) is 0 Å². The van der Waals surface area contributed by atoms with Gasteiger partial charge in [-0.05, 0) is 43.7 Å². The van der Waals surface area contributed by atoms with Crippen molar-refractivity contribution < 1.29 is 4.79 Å². The van der Waals surface area contributed by atoms with E-state index in [1.165, 1.54) is 11.1 Å². The second kappa shape index (κ2) is 8.40. The summed E-state index contributed by atoms with van der Waals surface area (Å²) in [6.07, 6.45) is 2.68. The molecule has 1 aliphatic heterocycles. The quantitative estimate of drug-likeness (QED) is 0.908. The number of carbonyl (C=O) groups is 1. The van der Waals surface area contributed by atoms with Crippen LogP contribution in [0.5, 0.6) is 0 Å². The van der Waals surface area contributed by atoms with Gasteiger partial charge in [-0.25, -0.2) is 0 Å². The van der Waals surface area contributed by atoms with Gasteiger partial charge >= 0.3 is 0 Å². The standard InChI is InChI=1S/C17H26N2O.ClH/c1-3-15(16-6-4-13(2)5-7-16)10-17(20)19-9-8-14(11-18)12-19;/h4-7,14-15H,3,8-12,18H2,1-2H3;1H. The van der Waals surface area contributed by atoms with E-state index in [0.29, 0.717) is 24.8 Å². The minimum absolute atomic E-state index is 0. The molecule has 21 heavy (non-hydrogen) atoms. The van der Waals surface area contributed by atoms with Crippen LogP contribution in [0.1, 0.15) is 43.2 Å². The molecule has 4 heteroatoms. The number of nitrogens with zero attached hydrogens (tertiary/aromatic N) is 1. The zero-order chi connectivity index (χ0) is 14.5. The normalized spacial score (nSPS) is 19.2. The lowest BCUT2D eigenvalue weighted by Crippen LogP contribution is -2.30. The maximum atomic E-state index is 12.4. The van der Waals surface area contributed by atoms with E-state index in [0.717, 1.165) is 25.9 Å². The first-order valence-electron chi connectivity index (χ1n) is 7.68. The molecule has 1 saturated heterocycles. The molecular formula is C17H27ClN2O. The number of nitrogens with two attached hydrogens (primary N) is 1. The number of halogens is 1. The van der Waals surface area contributed by atoms with Crippen molar-refractivity contribution >= 4 is 18.3 Å². The van der Waals surface area contributed by atoms with Crippen LogP contribution >= 0.6 is 12.4 Å². The molecule has 1 aliphatic rings. The fourth-order valence-corrected chi connectivity index (χ4v) is 2.93. The van der Waals surface area contributed by atoms with Crippen LogP contribution in [-0.2, 0) is 4.79 Å². The predicted molar refractivity (Wildman–Crippen MR) is 89.8 cm³/mol. The minimum Gasteiger partial charge on any atom is -0.342 e. The fraction of sp³-hybridized carbons (Fsp3) is 0.588. The molecule has 0 spiro atoms. The molecule has 3 nitrogen and oxygen atoms in total. The molecule has 0 saturated carbocycles. The lowest BCUT2D eigenvalue weighted by Gasteiger charge is -2.21. The highest BCUT2D eigenvalue weighted by molar-refractivity contribution is 5.85. The highest BCUT2D eigenvalue weighted by Crippen LogP contribution is 2.26. The average molecular weight is 311 g/mol. The van der Waals surface area contributed by atoms with Crippen LogP contribution in [-0.4, -0.2) is 30.4 Å².